The first-order chi connectivity index (χ1) is 8.40. The number of anilines is 1. The number of aryl methyl sites for hydroxylation is 1. The second-order valence-electron chi connectivity index (χ2n) is 3.45. The van der Waals surface area contributed by atoms with Crippen LogP contribution in [-0.4, -0.2) is 22.6 Å². The molecule has 0 fully saturated rings. The Balaban J connectivity index is 2.87. The van der Waals surface area contributed by atoms with E-state index in [0.717, 1.165) is 10.6 Å². The molecule has 0 aliphatic carbocycles. The number of nitrogens with one attached hydrogen (secondary N) is 2. The number of thiazole rings is 1. The topological polar surface area (TPSA) is 131 Å². The van der Waals surface area contributed by atoms with E-state index in [4.69, 9.17) is 11.5 Å². The van der Waals surface area contributed by atoms with Gasteiger partial charge in [-0.25, -0.2) is 4.98 Å². The summed E-state index contributed by atoms with van der Waals surface area (Å²) in [5, 5.41) is 8.01. The van der Waals surface area contributed by atoms with Crippen molar-refractivity contribution in [3.8, 4) is 0 Å². The third kappa shape index (κ3) is 4.01. The molecular weight excluding hydrogens is 254 g/mol. The highest BCUT2D eigenvalue weighted by Gasteiger charge is 2.10. The lowest BCUT2D eigenvalue weighted by Gasteiger charge is -2.00. The fourth-order valence-corrected chi connectivity index (χ4v) is 1.97. The van der Waals surface area contributed by atoms with E-state index in [2.05, 4.69) is 26.0 Å². The molecule has 0 saturated carbocycles. The molecule has 0 aromatic carbocycles. The highest BCUT2D eigenvalue weighted by Crippen LogP contribution is 2.22. The Kier molecular flexibility index (Phi) is 4.60. The summed E-state index contributed by atoms with van der Waals surface area (Å²) >= 11 is 1.34. The van der Waals surface area contributed by atoms with Crippen LogP contribution in [-0.2, 0) is 4.79 Å². The smallest absolute Gasteiger partial charge is 0.235 e. The van der Waals surface area contributed by atoms with E-state index < -0.39 is 0 Å². The van der Waals surface area contributed by atoms with Crippen molar-refractivity contribution in [2.75, 3.05) is 5.43 Å². The van der Waals surface area contributed by atoms with Crippen LogP contribution >= 0.6 is 11.3 Å². The average molecular weight is 269 g/mol. The predicted octanol–water partition coefficient (Wildman–Crippen LogP) is -0.0881. The minimum atomic E-state index is -0.199. The van der Waals surface area contributed by atoms with E-state index in [1.807, 2.05) is 6.92 Å². The van der Waals surface area contributed by atoms with Gasteiger partial charge in [0, 0.05) is 6.92 Å². The lowest BCUT2D eigenvalue weighted by molar-refractivity contribution is -0.118. The number of aromatic nitrogens is 1. The maximum absolute atomic E-state index is 10.8. The molecule has 98 valence electrons. The van der Waals surface area contributed by atoms with Gasteiger partial charge < -0.3 is 11.5 Å². The van der Waals surface area contributed by atoms with Crippen LogP contribution in [0.25, 0.3) is 0 Å². The highest BCUT2D eigenvalue weighted by molar-refractivity contribution is 7.17. The van der Waals surface area contributed by atoms with Crippen molar-refractivity contribution in [2.45, 2.75) is 20.8 Å². The summed E-state index contributed by atoms with van der Waals surface area (Å²) in [6.45, 7) is 5.01. The van der Waals surface area contributed by atoms with E-state index >= 15 is 0 Å². The van der Waals surface area contributed by atoms with Crippen LogP contribution in [0.4, 0.5) is 5.13 Å². The van der Waals surface area contributed by atoms with Gasteiger partial charge in [-0.2, -0.15) is 5.10 Å². The molecule has 1 heterocycles. The van der Waals surface area contributed by atoms with Gasteiger partial charge in [-0.3, -0.25) is 15.6 Å². The zero-order valence-electron chi connectivity index (χ0n) is 10.3. The summed E-state index contributed by atoms with van der Waals surface area (Å²) in [7, 11) is 0. The minimum absolute atomic E-state index is 0.104. The Morgan fingerprint density at radius 3 is 2.56 bits per heavy atom. The van der Waals surface area contributed by atoms with Crippen molar-refractivity contribution in [3.63, 3.8) is 0 Å². The summed E-state index contributed by atoms with van der Waals surface area (Å²) in [6, 6.07) is 0. The molecule has 18 heavy (non-hydrogen) atoms. The van der Waals surface area contributed by atoms with Crippen LogP contribution in [0.2, 0.25) is 0 Å². The third-order valence-electron chi connectivity index (χ3n) is 1.79. The number of carbonyl (C=O) groups excluding carboxylic acids is 1. The zero-order chi connectivity index (χ0) is 13.7. The molecule has 0 bridgehead atoms. The molecular formula is C9H15N7OS. The lowest BCUT2D eigenvalue weighted by atomic mass is 10.3. The molecule has 0 spiro atoms. The Morgan fingerprint density at radius 2 is 2.00 bits per heavy atom. The van der Waals surface area contributed by atoms with Crippen LogP contribution in [0.5, 0.6) is 0 Å². The third-order valence-corrected chi connectivity index (χ3v) is 2.97. The van der Waals surface area contributed by atoms with Gasteiger partial charge in [-0.05, 0) is 13.8 Å². The van der Waals surface area contributed by atoms with E-state index in [0.29, 0.717) is 10.8 Å². The Morgan fingerprint density at radius 1 is 1.33 bits per heavy atom. The summed E-state index contributed by atoms with van der Waals surface area (Å²) in [5.41, 5.74) is 16.9. The van der Waals surface area contributed by atoms with Crippen LogP contribution in [0, 0.1) is 6.92 Å². The molecule has 9 heteroatoms. The number of carbonyl (C=O) groups is 1. The summed E-state index contributed by atoms with van der Waals surface area (Å²) in [5.74, 6) is -0.302. The molecule has 8 nitrogen and oxygen atoms in total. The van der Waals surface area contributed by atoms with Gasteiger partial charge in [-0.1, -0.05) is 11.3 Å². The first-order valence-electron chi connectivity index (χ1n) is 5.03. The average Bonchev–Trinajstić information content (AvgIpc) is 2.64. The second kappa shape index (κ2) is 5.96. The van der Waals surface area contributed by atoms with Crippen molar-refractivity contribution < 1.29 is 4.79 Å². The largest absolute Gasteiger partial charge is 0.369 e. The minimum Gasteiger partial charge on any atom is -0.369 e. The maximum Gasteiger partial charge on any atom is 0.235 e. The predicted molar refractivity (Wildman–Crippen MR) is 72.3 cm³/mol. The molecule has 1 aromatic heterocycles. The number of hydrogen-bond acceptors (Lipinski definition) is 6. The summed E-state index contributed by atoms with van der Waals surface area (Å²) < 4.78 is 0. The van der Waals surface area contributed by atoms with Crippen molar-refractivity contribution in [3.05, 3.63) is 10.6 Å². The van der Waals surface area contributed by atoms with E-state index in [-0.39, 0.29) is 11.9 Å². The molecule has 1 aromatic rings. The first kappa shape index (κ1) is 13.9. The lowest BCUT2D eigenvalue weighted by Crippen LogP contribution is -2.26. The van der Waals surface area contributed by atoms with E-state index in [1.54, 1.807) is 6.92 Å². The van der Waals surface area contributed by atoms with Crippen molar-refractivity contribution in [1.82, 2.24) is 10.4 Å². The van der Waals surface area contributed by atoms with Gasteiger partial charge in [0.05, 0.1) is 16.3 Å². The molecule has 0 saturated heterocycles. The Hall–Kier alpha value is -2.16. The standard InChI is InChI=1S/C9H15N7OS/c1-4-7(5(2)13-15-8(10)11)18-9(12-4)16-14-6(3)17/h1-3H3,(H,12,16)(H,14,17)(H4,10,11,15)/b13-5-. The fourth-order valence-electron chi connectivity index (χ4n) is 1.11. The highest BCUT2D eigenvalue weighted by atomic mass is 32.1. The second-order valence-corrected chi connectivity index (χ2v) is 4.45. The Bertz CT molecular complexity index is 501. The van der Waals surface area contributed by atoms with Gasteiger partial charge in [0.2, 0.25) is 17.0 Å². The Labute approximate surface area is 108 Å². The number of hydrazine groups is 1. The molecule has 1 amide bonds. The molecule has 0 aliphatic rings. The number of guanidine groups is 1. The molecule has 0 atom stereocenters. The first-order valence-corrected chi connectivity index (χ1v) is 5.85. The van der Waals surface area contributed by atoms with Crippen molar-refractivity contribution in [1.29, 1.82) is 0 Å². The number of amides is 1. The van der Waals surface area contributed by atoms with Gasteiger partial charge in [0.15, 0.2) is 0 Å². The van der Waals surface area contributed by atoms with Gasteiger partial charge in [-0.15, -0.1) is 5.10 Å². The number of nitrogens with zero attached hydrogens (tertiary/aromatic N) is 3. The molecule has 1 rings (SSSR count). The van der Waals surface area contributed by atoms with E-state index in [9.17, 15) is 4.79 Å². The number of nitrogens with two attached hydrogens (primary N) is 2. The van der Waals surface area contributed by atoms with E-state index in [1.165, 1.54) is 18.3 Å². The van der Waals surface area contributed by atoms with Gasteiger partial charge in [0.1, 0.15) is 0 Å². The number of rotatable bonds is 4. The molecule has 0 unspecified atom stereocenters. The van der Waals surface area contributed by atoms with Crippen LogP contribution in [0.1, 0.15) is 24.4 Å². The summed E-state index contributed by atoms with van der Waals surface area (Å²) in [6.07, 6.45) is 0. The molecule has 0 aliphatic heterocycles. The van der Waals surface area contributed by atoms with Crippen molar-refractivity contribution in [2.24, 2.45) is 21.7 Å². The van der Waals surface area contributed by atoms with Crippen LogP contribution in [0.3, 0.4) is 0 Å². The van der Waals surface area contributed by atoms with Gasteiger partial charge in [0.25, 0.3) is 0 Å². The summed E-state index contributed by atoms with van der Waals surface area (Å²) in [4.78, 5) is 15.8. The monoisotopic (exact) mass is 269 g/mol. The zero-order valence-corrected chi connectivity index (χ0v) is 11.1. The number of hydrogen-bond donors (Lipinski definition) is 4. The molecule has 6 N–H and O–H groups in total. The van der Waals surface area contributed by atoms with Crippen molar-refractivity contribution >= 4 is 34.0 Å². The van der Waals surface area contributed by atoms with Crippen LogP contribution in [0.15, 0.2) is 10.2 Å². The maximum atomic E-state index is 10.8. The van der Waals surface area contributed by atoms with Crippen LogP contribution < -0.4 is 22.3 Å². The van der Waals surface area contributed by atoms with Gasteiger partial charge >= 0.3 is 0 Å². The normalized spacial score (nSPS) is 10.9. The molecule has 0 radical (unpaired) electrons. The quantitative estimate of drug-likeness (QED) is 0.345. The SMILES string of the molecule is CC(=O)NNc1nc(C)c(/C(C)=N\N=C(N)N)s1. The fraction of sp³-hybridized carbons (Fsp3) is 0.333.